The van der Waals surface area contributed by atoms with E-state index in [4.69, 9.17) is 11.6 Å². The number of rotatable bonds is 4. The fourth-order valence-corrected chi connectivity index (χ4v) is 2.29. The molecule has 24 heavy (non-hydrogen) atoms. The molecule has 0 aliphatic heterocycles. The third-order valence-electron chi connectivity index (χ3n) is 3.28. The summed E-state index contributed by atoms with van der Waals surface area (Å²) in [5.74, 6) is -0.945. The van der Waals surface area contributed by atoms with Crippen LogP contribution in [0.15, 0.2) is 67.0 Å². The van der Waals surface area contributed by atoms with Crippen LogP contribution in [-0.2, 0) is 0 Å². The summed E-state index contributed by atoms with van der Waals surface area (Å²) in [6, 6.07) is 14.8. The molecule has 0 bridgehead atoms. The molecule has 6 heteroatoms. The van der Waals surface area contributed by atoms with Crippen LogP contribution >= 0.6 is 11.6 Å². The monoisotopic (exact) mass is 341 g/mol. The normalized spacial score (nSPS) is 10.2. The van der Waals surface area contributed by atoms with E-state index in [1.165, 1.54) is 18.3 Å². The molecule has 0 unspecified atom stereocenters. The molecule has 2 N–H and O–H groups in total. The number of nitrogens with one attached hydrogen (secondary N) is 2. The largest absolute Gasteiger partial charge is 0.353 e. The molecule has 3 rings (SSSR count). The lowest BCUT2D eigenvalue weighted by molar-refractivity contribution is 0.102. The lowest BCUT2D eigenvalue weighted by Crippen LogP contribution is -2.13. The van der Waals surface area contributed by atoms with E-state index in [1.807, 2.05) is 18.2 Å². The van der Waals surface area contributed by atoms with E-state index in [9.17, 15) is 9.18 Å². The molecule has 1 heterocycles. The predicted molar refractivity (Wildman–Crippen MR) is 93.3 cm³/mol. The van der Waals surface area contributed by atoms with Crippen molar-refractivity contribution in [1.29, 1.82) is 0 Å². The van der Waals surface area contributed by atoms with E-state index in [-0.39, 0.29) is 5.69 Å². The van der Waals surface area contributed by atoms with Crippen molar-refractivity contribution < 1.29 is 9.18 Å². The number of nitrogens with zero attached hydrogens (tertiary/aromatic N) is 1. The van der Waals surface area contributed by atoms with Crippen LogP contribution in [0.3, 0.4) is 0 Å². The first-order chi connectivity index (χ1) is 11.6. The summed E-state index contributed by atoms with van der Waals surface area (Å²) in [5, 5.41) is 6.17. The number of pyridine rings is 1. The Hall–Kier alpha value is -2.92. The van der Waals surface area contributed by atoms with Crippen molar-refractivity contribution in [2.75, 3.05) is 10.6 Å². The molecule has 1 aromatic heterocycles. The summed E-state index contributed by atoms with van der Waals surface area (Å²) >= 11 is 6.10. The van der Waals surface area contributed by atoms with Gasteiger partial charge in [0.1, 0.15) is 5.82 Å². The molecule has 0 fully saturated rings. The Kier molecular flexibility index (Phi) is 4.72. The van der Waals surface area contributed by atoms with Crippen molar-refractivity contribution in [1.82, 2.24) is 4.98 Å². The van der Waals surface area contributed by atoms with Gasteiger partial charge in [-0.15, -0.1) is 0 Å². The fourth-order valence-electron chi connectivity index (χ4n) is 2.11. The second-order valence-corrected chi connectivity index (χ2v) is 5.41. The maximum absolute atomic E-state index is 13.6. The van der Waals surface area contributed by atoms with Crippen molar-refractivity contribution in [3.8, 4) is 0 Å². The number of hydrogen-bond donors (Lipinski definition) is 2. The second kappa shape index (κ2) is 7.10. The Morgan fingerprint density at radius 2 is 1.71 bits per heavy atom. The first-order valence-corrected chi connectivity index (χ1v) is 7.54. The molecule has 0 aliphatic rings. The standard InChI is InChI=1S/C18H13ClFN3O/c19-14-5-1-3-7-16(14)22-13-9-12(10-21-11-13)18(24)23-17-8-4-2-6-15(17)20/h1-11,22H,(H,23,24). The number of amides is 1. The number of benzene rings is 2. The molecule has 1 amide bonds. The van der Waals surface area contributed by atoms with E-state index in [0.717, 1.165) is 0 Å². The molecular formula is C18H13ClFN3O. The van der Waals surface area contributed by atoms with Gasteiger partial charge in [0.25, 0.3) is 5.91 Å². The van der Waals surface area contributed by atoms with Crippen LogP contribution in [0.2, 0.25) is 5.02 Å². The zero-order valence-electron chi connectivity index (χ0n) is 12.5. The van der Waals surface area contributed by atoms with Crippen molar-refractivity contribution >= 4 is 34.6 Å². The minimum atomic E-state index is -0.496. The minimum Gasteiger partial charge on any atom is -0.353 e. The lowest BCUT2D eigenvalue weighted by Gasteiger charge is -2.10. The average molecular weight is 342 g/mol. The number of hydrogen-bond acceptors (Lipinski definition) is 3. The van der Waals surface area contributed by atoms with Gasteiger partial charge in [-0.3, -0.25) is 9.78 Å². The van der Waals surface area contributed by atoms with Gasteiger partial charge in [0, 0.05) is 6.20 Å². The van der Waals surface area contributed by atoms with E-state index in [0.29, 0.717) is 22.0 Å². The minimum absolute atomic E-state index is 0.118. The van der Waals surface area contributed by atoms with Crippen LogP contribution in [0.1, 0.15) is 10.4 Å². The first kappa shape index (κ1) is 16.0. The highest BCUT2D eigenvalue weighted by atomic mass is 35.5. The molecule has 0 saturated carbocycles. The van der Waals surface area contributed by atoms with Crippen LogP contribution < -0.4 is 10.6 Å². The van der Waals surface area contributed by atoms with Crippen molar-refractivity contribution in [2.24, 2.45) is 0 Å². The summed E-state index contributed by atoms with van der Waals surface area (Å²) in [4.78, 5) is 16.3. The van der Waals surface area contributed by atoms with Crippen LogP contribution in [0.5, 0.6) is 0 Å². The molecule has 0 atom stereocenters. The zero-order chi connectivity index (χ0) is 16.9. The van der Waals surface area contributed by atoms with Gasteiger partial charge in [-0.25, -0.2) is 4.39 Å². The maximum Gasteiger partial charge on any atom is 0.257 e. The number of carbonyl (C=O) groups excluding carboxylic acids is 1. The topological polar surface area (TPSA) is 54.0 Å². The van der Waals surface area contributed by atoms with Crippen LogP contribution in [0.25, 0.3) is 0 Å². The van der Waals surface area contributed by atoms with Crippen molar-refractivity contribution in [3.05, 3.63) is 83.4 Å². The molecule has 0 saturated heterocycles. The Morgan fingerprint density at radius 1 is 1.00 bits per heavy atom. The molecule has 120 valence electrons. The summed E-state index contributed by atoms with van der Waals surface area (Å²) in [7, 11) is 0. The number of para-hydroxylation sites is 2. The number of halogens is 2. The van der Waals surface area contributed by atoms with Gasteiger partial charge in [0.2, 0.25) is 0 Å². The fraction of sp³-hybridized carbons (Fsp3) is 0. The average Bonchev–Trinajstić information content (AvgIpc) is 2.59. The highest BCUT2D eigenvalue weighted by molar-refractivity contribution is 6.33. The molecule has 0 radical (unpaired) electrons. The van der Waals surface area contributed by atoms with E-state index < -0.39 is 11.7 Å². The van der Waals surface area contributed by atoms with Crippen LogP contribution in [0.4, 0.5) is 21.5 Å². The van der Waals surface area contributed by atoms with Gasteiger partial charge in [-0.05, 0) is 30.3 Å². The highest BCUT2D eigenvalue weighted by Crippen LogP contribution is 2.25. The Labute approximate surface area is 143 Å². The predicted octanol–water partition coefficient (Wildman–Crippen LogP) is 4.87. The van der Waals surface area contributed by atoms with Crippen molar-refractivity contribution in [3.63, 3.8) is 0 Å². The molecular weight excluding hydrogens is 329 g/mol. The number of anilines is 3. The van der Waals surface area contributed by atoms with Gasteiger partial charge < -0.3 is 10.6 Å². The SMILES string of the molecule is O=C(Nc1ccccc1F)c1cncc(Nc2ccccc2Cl)c1. The van der Waals surface area contributed by atoms with Crippen LogP contribution in [-0.4, -0.2) is 10.9 Å². The quantitative estimate of drug-likeness (QED) is 0.711. The lowest BCUT2D eigenvalue weighted by atomic mass is 10.2. The van der Waals surface area contributed by atoms with E-state index in [1.54, 1.807) is 30.5 Å². The summed E-state index contributed by atoms with van der Waals surface area (Å²) in [6.07, 6.45) is 2.98. The van der Waals surface area contributed by atoms with Gasteiger partial charge >= 0.3 is 0 Å². The third-order valence-corrected chi connectivity index (χ3v) is 3.60. The van der Waals surface area contributed by atoms with Gasteiger partial charge in [0.15, 0.2) is 0 Å². The van der Waals surface area contributed by atoms with Gasteiger partial charge in [-0.2, -0.15) is 0 Å². The summed E-state index contributed by atoms with van der Waals surface area (Å²) in [5.41, 5.74) is 1.72. The zero-order valence-corrected chi connectivity index (χ0v) is 13.2. The number of aromatic nitrogens is 1. The second-order valence-electron chi connectivity index (χ2n) is 5.00. The van der Waals surface area contributed by atoms with Crippen molar-refractivity contribution in [2.45, 2.75) is 0 Å². The summed E-state index contributed by atoms with van der Waals surface area (Å²) in [6.45, 7) is 0. The van der Waals surface area contributed by atoms with Gasteiger partial charge in [0.05, 0.1) is 33.8 Å². The van der Waals surface area contributed by atoms with E-state index >= 15 is 0 Å². The molecule has 0 aliphatic carbocycles. The van der Waals surface area contributed by atoms with Gasteiger partial charge in [-0.1, -0.05) is 35.9 Å². The Bertz CT molecular complexity index is 885. The van der Waals surface area contributed by atoms with E-state index in [2.05, 4.69) is 15.6 Å². The Morgan fingerprint density at radius 3 is 2.46 bits per heavy atom. The maximum atomic E-state index is 13.6. The summed E-state index contributed by atoms with van der Waals surface area (Å²) < 4.78 is 13.6. The molecule has 2 aromatic carbocycles. The van der Waals surface area contributed by atoms with Crippen LogP contribution in [0, 0.1) is 5.82 Å². The molecule has 3 aromatic rings. The molecule has 0 spiro atoms. The Balaban J connectivity index is 1.79. The molecule has 4 nitrogen and oxygen atoms in total. The highest BCUT2D eigenvalue weighted by Gasteiger charge is 2.10. The number of carbonyl (C=O) groups is 1. The third kappa shape index (κ3) is 3.70. The first-order valence-electron chi connectivity index (χ1n) is 7.16. The smallest absolute Gasteiger partial charge is 0.257 e.